The Hall–Kier alpha value is -0.900. The van der Waals surface area contributed by atoms with Gasteiger partial charge in [-0.15, -0.1) is 0 Å². The molecule has 1 aromatic rings. The van der Waals surface area contributed by atoms with Crippen molar-refractivity contribution in [3.8, 4) is 0 Å². The minimum Gasteiger partial charge on any atom is -0.339 e. The van der Waals surface area contributed by atoms with Crippen LogP contribution in [0.4, 0.5) is 0 Å². The number of hydrogen-bond donors (Lipinski definition) is 1. The van der Waals surface area contributed by atoms with E-state index in [0.717, 1.165) is 24.2 Å². The van der Waals surface area contributed by atoms with Gasteiger partial charge in [-0.05, 0) is 32.2 Å². The van der Waals surface area contributed by atoms with E-state index < -0.39 is 0 Å². The van der Waals surface area contributed by atoms with E-state index in [0.29, 0.717) is 12.0 Å². The largest absolute Gasteiger partial charge is 0.339 e. The lowest BCUT2D eigenvalue weighted by Crippen LogP contribution is -2.30. The van der Waals surface area contributed by atoms with Gasteiger partial charge in [0.15, 0.2) is 5.82 Å². The Kier molecular flexibility index (Phi) is 4.97. The van der Waals surface area contributed by atoms with Crippen molar-refractivity contribution < 1.29 is 4.52 Å². The minimum absolute atomic E-state index is 0.267. The molecule has 2 atom stereocenters. The summed E-state index contributed by atoms with van der Waals surface area (Å²) in [6.07, 6.45) is 4.99. The fourth-order valence-corrected chi connectivity index (χ4v) is 2.83. The highest BCUT2D eigenvalue weighted by Crippen LogP contribution is 2.34. The summed E-state index contributed by atoms with van der Waals surface area (Å²) in [4.78, 5) is 4.64. The van der Waals surface area contributed by atoms with Crippen LogP contribution in [-0.2, 0) is 0 Å². The first-order chi connectivity index (χ1) is 9.11. The standard InChI is InChI=1S/C15H27N3O/c1-5-16-12(4)11(3)15-17-14(18-19-15)13-8-6-10(2)7-9-13/h10-13,16H,5-9H2,1-4H3. The zero-order valence-electron chi connectivity index (χ0n) is 12.6. The van der Waals surface area contributed by atoms with Crippen LogP contribution in [-0.4, -0.2) is 22.7 Å². The molecule has 2 unspecified atom stereocenters. The highest BCUT2D eigenvalue weighted by Gasteiger charge is 2.26. The predicted octanol–water partition coefficient (Wildman–Crippen LogP) is 3.46. The second-order valence-corrected chi connectivity index (χ2v) is 6.08. The SMILES string of the molecule is CCNC(C)C(C)c1nc(C2CCC(C)CC2)no1. The van der Waals surface area contributed by atoms with E-state index in [9.17, 15) is 0 Å². The summed E-state index contributed by atoms with van der Waals surface area (Å²) in [6, 6.07) is 0.365. The molecule has 1 fully saturated rings. The van der Waals surface area contributed by atoms with E-state index in [4.69, 9.17) is 4.52 Å². The topological polar surface area (TPSA) is 51.0 Å². The van der Waals surface area contributed by atoms with Crippen molar-refractivity contribution in [2.24, 2.45) is 5.92 Å². The van der Waals surface area contributed by atoms with Crippen LogP contribution < -0.4 is 5.32 Å². The number of rotatable bonds is 5. The summed E-state index contributed by atoms with van der Waals surface area (Å²) >= 11 is 0. The van der Waals surface area contributed by atoms with Crippen LogP contribution in [0.25, 0.3) is 0 Å². The number of hydrogen-bond acceptors (Lipinski definition) is 4. The number of nitrogens with one attached hydrogen (secondary N) is 1. The van der Waals surface area contributed by atoms with E-state index in [2.05, 4.69) is 43.2 Å². The van der Waals surface area contributed by atoms with Gasteiger partial charge in [0.25, 0.3) is 0 Å². The van der Waals surface area contributed by atoms with Crippen molar-refractivity contribution in [2.75, 3.05) is 6.54 Å². The van der Waals surface area contributed by atoms with Gasteiger partial charge >= 0.3 is 0 Å². The van der Waals surface area contributed by atoms with Crippen LogP contribution in [0.15, 0.2) is 4.52 Å². The quantitative estimate of drug-likeness (QED) is 0.885. The van der Waals surface area contributed by atoms with E-state index in [1.54, 1.807) is 0 Å². The molecule has 2 rings (SSSR count). The van der Waals surface area contributed by atoms with Gasteiger partial charge in [-0.2, -0.15) is 4.98 Å². The molecule has 0 bridgehead atoms. The Morgan fingerprint density at radius 2 is 1.95 bits per heavy atom. The van der Waals surface area contributed by atoms with Crippen molar-refractivity contribution in [3.05, 3.63) is 11.7 Å². The minimum atomic E-state index is 0.267. The zero-order chi connectivity index (χ0) is 13.8. The van der Waals surface area contributed by atoms with Gasteiger partial charge in [-0.1, -0.05) is 38.8 Å². The van der Waals surface area contributed by atoms with Crippen molar-refractivity contribution in [3.63, 3.8) is 0 Å². The molecule has 1 aliphatic rings. The van der Waals surface area contributed by atoms with E-state index >= 15 is 0 Å². The number of aromatic nitrogens is 2. The molecule has 4 heteroatoms. The number of nitrogens with zero attached hydrogens (tertiary/aromatic N) is 2. The van der Waals surface area contributed by atoms with Crippen LogP contribution in [0.5, 0.6) is 0 Å². The lowest BCUT2D eigenvalue weighted by atomic mass is 9.83. The van der Waals surface area contributed by atoms with E-state index in [1.165, 1.54) is 25.7 Å². The molecule has 0 amide bonds. The van der Waals surface area contributed by atoms with Gasteiger partial charge in [0, 0.05) is 12.0 Å². The fourth-order valence-electron chi connectivity index (χ4n) is 2.83. The predicted molar refractivity (Wildman–Crippen MR) is 76.2 cm³/mol. The molecule has 0 spiro atoms. The van der Waals surface area contributed by atoms with Gasteiger partial charge in [-0.25, -0.2) is 0 Å². The Morgan fingerprint density at radius 1 is 1.26 bits per heavy atom. The molecule has 1 aromatic heterocycles. The molecule has 0 aromatic carbocycles. The lowest BCUT2D eigenvalue weighted by molar-refractivity contribution is 0.312. The smallest absolute Gasteiger partial charge is 0.231 e. The maximum atomic E-state index is 5.47. The highest BCUT2D eigenvalue weighted by atomic mass is 16.5. The third-order valence-electron chi connectivity index (χ3n) is 4.50. The first kappa shape index (κ1) is 14.5. The molecule has 19 heavy (non-hydrogen) atoms. The molecular weight excluding hydrogens is 238 g/mol. The van der Waals surface area contributed by atoms with Crippen molar-refractivity contribution >= 4 is 0 Å². The Morgan fingerprint density at radius 3 is 2.58 bits per heavy atom. The van der Waals surface area contributed by atoms with Crippen LogP contribution >= 0.6 is 0 Å². The number of likely N-dealkylation sites (N-methyl/N-ethyl adjacent to an activating group) is 1. The average Bonchev–Trinajstić information content (AvgIpc) is 2.88. The van der Waals surface area contributed by atoms with Crippen molar-refractivity contribution in [2.45, 2.75) is 71.3 Å². The van der Waals surface area contributed by atoms with Crippen molar-refractivity contribution in [1.29, 1.82) is 0 Å². The third-order valence-corrected chi connectivity index (χ3v) is 4.50. The van der Waals surface area contributed by atoms with Gasteiger partial charge < -0.3 is 9.84 Å². The molecule has 1 aliphatic carbocycles. The first-order valence-electron chi connectivity index (χ1n) is 7.68. The second kappa shape index (κ2) is 6.51. The molecule has 0 aliphatic heterocycles. The van der Waals surface area contributed by atoms with Gasteiger partial charge in [-0.3, -0.25) is 0 Å². The normalized spacial score (nSPS) is 27.2. The molecule has 0 saturated heterocycles. The summed E-state index contributed by atoms with van der Waals surface area (Å²) in [5.74, 6) is 3.34. The molecule has 1 saturated carbocycles. The maximum absolute atomic E-state index is 5.47. The van der Waals surface area contributed by atoms with Crippen LogP contribution in [0.1, 0.15) is 76.9 Å². The zero-order valence-corrected chi connectivity index (χ0v) is 12.6. The molecule has 0 radical (unpaired) electrons. The summed E-state index contributed by atoms with van der Waals surface area (Å²) < 4.78 is 5.47. The molecule has 4 nitrogen and oxygen atoms in total. The average molecular weight is 265 g/mol. The van der Waals surface area contributed by atoms with Crippen molar-refractivity contribution in [1.82, 2.24) is 15.5 Å². The van der Waals surface area contributed by atoms with Crippen LogP contribution in [0.3, 0.4) is 0 Å². The molecule has 108 valence electrons. The van der Waals surface area contributed by atoms with Gasteiger partial charge in [0.1, 0.15) is 0 Å². The summed E-state index contributed by atoms with van der Waals surface area (Å²) in [6.45, 7) is 9.73. The summed E-state index contributed by atoms with van der Waals surface area (Å²) in [5, 5.41) is 7.63. The molecular formula is C15H27N3O. The van der Waals surface area contributed by atoms with Gasteiger partial charge in [0.05, 0.1) is 5.92 Å². The van der Waals surface area contributed by atoms with Crippen LogP contribution in [0, 0.1) is 5.92 Å². The van der Waals surface area contributed by atoms with E-state index in [1.807, 2.05) is 0 Å². The summed E-state index contributed by atoms with van der Waals surface area (Å²) in [7, 11) is 0. The Balaban J connectivity index is 1.98. The van der Waals surface area contributed by atoms with E-state index in [-0.39, 0.29) is 5.92 Å². The lowest BCUT2D eigenvalue weighted by Gasteiger charge is -2.23. The second-order valence-electron chi connectivity index (χ2n) is 6.08. The molecule has 1 N–H and O–H groups in total. The first-order valence-corrected chi connectivity index (χ1v) is 7.68. The highest BCUT2D eigenvalue weighted by molar-refractivity contribution is 5.01. The third kappa shape index (κ3) is 3.56. The Labute approximate surface area is 116 Å². The van der Waals surface area contributed by atoms with Gasteiger partial charge in [0.2, 0.25) is 5.89 Å². The fraction of sp³-hybridized carbons (Fsp3) is 0.867. The van der Waals surface area contributed by atoms with Crippen LogP contribution in [0.2, 0.25) is 0 Å². The maximum Gasteiger partial charge on any atom is 0.231 e. The summed E-state index contributed by atoms with van der Waals surface area (Å²) in [5.41, 5.74) is 0. The molecule has 1 heterocycles. The Bertz CT molecular complexity index is 366. The monoisotopic (exact) mass is 265 g/mol.